The molecule has 0 aliphatic carbocycles. The third-order valence-electron chi connectivity index (χ3n) is 2.80. The van der Waals surface area contributed by atoms with E-state index < -0.39 is 5.97 Å². The molecule has 1 aromatic rings. The highest BCUT2D eigenvalue weighted by Crippen LogP contribution is 2.07. The van der Waals surface area contributed by atoms with Crippen LogP contribution in [0.15, 0.2) is 24.3 Å². The first-order chi connectivity index (χ1) is 8.49. The number of rotatable bonds is 7. The maximum Gasteiger partial charge on any atom is 0.335 e. The number of hydrogen-bond acceptors (Lipinski definition) is 3. The van der Waals surface area contributed by atoms with Gasteiger partial charge in [-0.3, -0.25) is 0 Å². The average Bonchev–Trinajstić information content (AvgIpc) is 2.29. The summed E-state index contributed by atoms with van der Waals surface area (Å²) in [5, 5.41) is 8.81. The van der Waals surface area contributed by atoms with E-state index in [1.54, 1.807) is 12.1 Å². The molecular formula is C14H24Cl2N2O2. The SMILES string of the molecule is CN(C)CCCN(C)Cc1ccc(C(=O)O)cc1.Cl.Cl. The van der Waals surface area contributed by atoms with E-state index in [4.69, 9.17) is 5.11 Å². The zero-order valence-corrected chi connectivity index (χ0v) is 13.8. The van der Waals surface area contributed by atoms with Gasteiger partial charge in [0, 0.05) is 6.54 Å². The molecule has 4 nitrogen and oxygen atoms in total. The molecule has 0 aliphatic rings. The van der Waals surface area contributed by atoms with Crippen LogP contribution in [0.5, 0.6) is 0 Å². The first kappa shape index (κ1) is 21.5. The number of carbonyl (C=O) groups is 1. The van der Waals surface area contributed by atoms with Gasteiger partial charge in [0.25, 0.3) is 0 Å². The molecule has 20 heavy (non-hydrogen) atoms. The van der Waals surface area contributed by atoms with Crippen molar-refractivity contribution in [2.75, 3.05) is 34.2 Å². The predicted molar refractivity (Wildman–Crippen MR) is 87.4 cm³/mol. The fraction of sp³-hybridized carbons (Fsp3) is 0.500. The molecule has 0 saturated carbocycles. The lowest BCUT2D eigenvalue weighted by molar-refractivity contribution is 0.0697. The first-order valence-corrected chi connectivity index (χ1v) is 6.14. The monoisotopic (exact) mass is 322 g/mol. The minimum absolute atomic E-state index is 0. The number of aromatic carboxylic acids is 1. The van der Waals surface area contributed by atoms with E-state index in [-0.39, 0.29) is 24.8 Å². The Morgan fingerprint density at radius 3 is 2.05 bits per heavy atom. The lowest BCUT2D eigenvalue weighted by atomic mass is 10.1. The predicted octanol–water partition coefficient (Wildman–Crippen LogP) is 2.61. The maximum absolute atomic E-state index is 10.7. The Kier molecular flexibility index (Phi) is 11.7. The molecule has 0 atom stereocenters. The molecule has 0 amide bonds. The van der Waals surface area contributed by atoms with Gasteiger partial charge in [-0.1, -0.05) is 12.1 Å². The number of carboxylic acid groups (broad SMARTS) is 1. The second-order valence-corrected chi connectivity index (χ2v) is 4.90. The summed E-state index contributed by atoms with van der Waals surface area (Å²) in [4.78, 5) is 15.1. The molecule has 1 aromatic carbocycles. The van der Waals surface area contributed by atoms with Crippen molar-refractivity contribution in [2.45, 2.75) is 13.0 Å². The van der Waals surface area contributed by atoms with Gasteiger partial charge in [-0.05, 0) is 58.3 Å². The van der Waals surface area contributed by atoms with Gasteiger partial charge in [-0.25, -0.2) is 4.79 Å². The summed E-state index contributed by atoms with van der Waals surface area (Å²) in [6.07, 6.45) is 1.14. The van der Waals surface area contributed by atoms with Gasteiger partial charge in [0.15, 0.2) is 0 Å². The van der Waals surface area contributed by atoms with Crippen molar-refractivity contribution < 1.29 is 9.90 Å². The van der Waals surface area contributed by atoms with Gasteiger partial charge in [-0.15, -0.1) is 24.8 Å². The van der Waals surface area contributed by atoms with Crippen molar-refractivity contribution in [1.82, 2.24) is 9.80 Å². The molecule has 0 fully saturated rings. The Labute approximate surface area is 133 Å². The summed E-state index contributed by atoms with van der Waals surface area (Å²) in [6, 6.07) is 7.08. The third-order valence-corrected chi connectivity index (χ3v) is 2.80. The quantitative estimate of drug-likeness (QED) is 0.838. The molecule has 0 bridgehead atoms. The average molecular weight is 323 g/mol. The van der Waals surface area contributed by atoms with E-state index in [2.05, 4.69) is 30.9 Å². The molecule has 0 saturated heterocycles. The summed E-state index contributed by atoms with van der Waals surface area (Å²) in [5.41, 5.74) is 1.49. The van der Waals surface area contributed by atoms with Crippen LogP contribution in [-0.4, -0.2) is 55.1 Å². The normalized spacial score (nSPS) is 10.1. The van der Waals surface area contributed by atoms with Crippen molar-refractivity contribution in [2.24, 2.45) is 0 Å². The van der Waals surface area contributed by atoms with Crippen LogP contribution in [0.4, 0.5) is 0 Å². The largest absolute Gasteiger partial charge is 0.478 e. The van der Waals surface area contributed by atoms with Crippen molar-refractivity contribution >= 4 is 30.8 Å². The number of benzene rings is 1. The number of carboxylic acids is 1. The molecule has 116 valence electrons. The summed E-state index contributed by atoms with van der Waals surface area (Å²) < 4.78 is 0. The topological polar surface area (TPSA) is 43.8 Å². The van der Waals surface area contributed by atoms with E-state index in [1.165, 1.54) is 0 Å². The van der Waals surface area contributed by atoms with Crippen molar-refractivity contribution in [3.05, 3.63) is 35.4 Å². The van der Waals surface area contributed by atoms with Gasteiger partial charge in [0.2, 0.25) is 0 Å². The highest BCUT2D eigenvalue weighted by Gasteiger charge is 2.04. The van der Waals surface area contributed by atoms with Crippen LogP contribution in [-0.2, 0) is 6.54 Å². The van der Waals surface area contributed by atoms with Crippen molar-refractivity contribution in [1.29, 1.82) is 0 Å². The van der Waals surface area contributed by atoms with Crippen molar-refractivity contribution in [3.63, 3.8) is 0 Å². The van der Waals surface area contributed by atoms with Crippen molar-refractivity contribution in [3.8, 4) is 0 Å². The minimum atomic E-state index is -0.874. The second-order valence-electron chi connectivity index (χ2n) is 4.90. The molecule has 0 aromatic heterocycles. The molecule has 0 aliphatic heterocycles. The minimum Gasteiger partial charge on any atom is -0.478 e. The molecule has 1 N–H and O–H groups in total. The van der Waals surface area contributed by atoms with E-state index in [0.29, 0.717) is 5.56 Å². The van der Waals surface area contributed by atoms with Gasteiger partial charge < -0.3 is 14.9 Å². The summed E-state index contributed by atoms with van der Waals surface area (Å²) in [7, 11) is 6.23. The highest BCUT2D eigenvalue weighted by molar-refractivity contribution is 5.87. The van der Waals surface area contributed by atoms with Crippen LogP contribution in [0.2, 0.25) is 0 Å². The fourth-order valence-corrected chi connectivity index (χ4v) is 1.80. The molecule has 0 heterocycles. The lowest BCUT2D eigenvalue weighted by Crippen LogP contribution is -2.23. The first-order valence-electron chi connectivity index (χ1n) is 6.14. The highest BCUT2D eigenvalue weighted by atomic mass is 35.5. The lowest BCUT2D eigenvalue weighted by Gasteiger charge is -2.18. The number of hydrogen-bond donors (Lipinski definition) is 1. The van der Waals surface area contributed by atoms with Gasteiger partial charge in [-0.2, -0.15) is 0 Å². The standard InChI is InChI=1S/C14H22N2O2.2ClH/c1-15(2)9-4-10-16(3)11-12-5-7-13(8-6-12)14(17)18;;/h5-8H,4,9-11H2,1-3H3,(H,17,18);2*1H. The summed E-state index contributed by atoms with van der Waals surface area (Å²) in [5.74, 6) is -0.874. The van der Waals surface area contributed by atoms with Crippen LogP contribution < -0.4 is 0 Å². The zero-order valence-electron chi connectivity index (χ0n) is 12.2. The number of nitrogens with zero attached hydrogens (tertiary/aromatic N) is 2. The van der Waals surface area contributed by atoms with Crippen LogP contribution in [0.1, 0.15) is 22.3 Å². The molecule has 0 unspecified atom stereocenters. The second kappa shape index (κ2) is 10.9. The Balaban J connectivity index is 0. The molecule has 6 heteroatoms. The van der Waals surface area contributed by atoms with Crippen LogP contribution in [0, 0.1) is 0 Å². The van der Waals surface area contributed by atoms with Gasteiger partial charge in [0.1, 0.15) is 0 Å². The van der Waals surface area contributed by atoms with E-state index in [9.17, 15) is 4.79 Å². The molecule has 0 radical (unpaired) electrons. The van der Waals surface area contributed by atoms with Crippen LogP contribution in [0.3, 0.4) is 0 Å². The summed E-state index contributed by atoms with van der Waals surface area (Å²) >= 11 is 0. The zero-order chi connectivity index (χ0) is 13.5. The molecular weight excluding hydrogens is 299 g/mol. The molecule has 1 rings (SSSR count). The Morgan fingerprint density at radius 2 is 1.60 bits per heavy atom. The molecule has 0 spiro atoms. The van der Waals surface area contributed by atoms with E-state index in [0.717, 1.165) is 31.6 Å². The Hall–Kier alpha value is -0.810. The summed E-state index contributed by atoms with van der Waals surface area (Å²) in [6.45, 7) is 2.98. The maximum atomic E-state index is 10.7. The Bertz CT molecular complexity index is 383. The van der Waals surface area contributed by atoms with Crippen LogP contribution >= 0.6 is 24.8 Å². The third kappa shape index (κ3) is 8.38. The smallest absolute Gasteiger partial charge is 0.335 e. The Morgan fingerprint density at radius 1 is 1.05 bits per heavy atom. The van der Waals surface area contributed by atoms with E-state index >= 15 is 0 Å². The van der Waals surface area contributed by atoms with E-state index in [1.807, 2.05) is 12.1 Å². The number of halogens is 2. The fourth-order valence-electron chi connectivity index (χ4n) is 1.80. The van der Waals surface area contributed by atoms with Gasteiger partial charge in [0.05, 0.1) is 5.56 Å². The van der Waals surface area contributed by atoms with Gasteiger partial charge >= 0.3 is 5.97 Å². The van der Waals surface area contributed by atoms with Crippen LogP contribution in [0.25, 0.3) is 0 Å².